The Bertz CT molecular complexity index is 282. The van der Waals surface area contributed by atoms with E-state index in [1.807, 2.05) is 0 Å². The summed E-state index contributed by atoms with van der Waals surface area (Å²) in [4.78, 5) is 10.4. The molecule has 3 nitrogen and oxygen atoms in total. The molecule has 3 N–H and O–H groups in total. The van der Waals surface area contributed by atoms with Crippen LogP contribution in [0.3, 0.4) is 0 Å². The van der Waals surface area contributed by atoms with Crippen molar-refractivity contribution >= 4 is 17.7 Å². The largest absolute Gasteiger partial charge is 0.481 e. The molecule has 2 atom stereocenters. The summed E-state index contributed by atoms with van der Waals surface area (Å²) in [6.45, 7) is 0. The topological polar surface area (TPSA) is 63.3 Å². The molecular weight excluding hydrogens is 267 g/mol. The zero-order chi connectivity index (χ0) is 13.8. The van der Waals surface area contributed by atoms with Crippen LogP contribution in [-0.4, -0.2) is 34.8 Å². The van der Waals surface area contributed by atoms with Gasteiger partial charge in [-0.25, -0.2) is 0 Å². The van der Waals surface area contributed by atoms with Gasteiger partial charge in [-0.2, -0.15) is 24.9 Å². The van der Waals surface area contributed by atoms with Gasteiger partial charge >= 0.3 is 12.1 Å². The Balaban J connectivity index is 2.30. The van der Waals surface area contributed by atoms with Crippen molar-refractivity contribution in [1.82, 2.24) is 0 Å². The third-order valence-corrected chi connectivity index (χ3v) is 4.22. The summed E-state index contributed by atoms with van der Waals surface area (Å²) in [5.74, 6) is -1.16. The Kier molecular flexibility index (Phi) is 5.78. The van der Waals surface area contributed by atoms with Gasteiger partial charge in [0.2, 0.25) is 0 Å². The number of nitrogens with two attached hydrogens (primary N) is 1. The van der Waals surface area contributed by atoms with Crippen molar-refractivity contribution in [2.75, 3.05) is 11.5 Å². The van der Waals surface area contributed by atoms with Gasteiger partial charge in [-0.05, 0) is 30.9 Å². The van der Waals surface area contributed by atoms with E-state index in [4.69, 9.17) is 10.8 Å². The zero-order valence-electron chi connectivity index (χ0n) is 9.95. The van der Waals surface area contributed by atoms with E-state index in [1.165, 1.54) is 12.8 Å². The Labute approximate surface area is 108 Å². The molecule has 0 saturated heterocycles. The fraction of sp³-hybridized carbons (Fsp3) is 0.909. The molecule has 0 heterocycles. The van der Waals surface area contributed by atoms with E-state index < -0.39 is 30.5 Å². The lowest BCUT2D eigenvalue weighted by molar-refractivity contribution is -0.185. The van der Waals surface area contributed by atoms with E-state index in [0.29, 0.717) is 11.7 Å². The molecule has 0 amide bonds. The van der Waals surface area contributed by atoms with Crippen LogP contribution in [0.15, 0.2) is 0 Å². The molecule has 0 spiro atoms. The maximum absolute atomic E-state index is 12.6. The number of alkyl halides is 3. The molecule has 0 bridgehead atoms. The molecule has 0 unspecified atom stereocenters. The van der Waals surface area contributed by atoms with Crippen molar-refractivity contribution in [3.8, 4) is 0 Å². The fourth-order valence-corrected chi connectivity index (χ4v) is 2.89. The van der Waals surface area contributed by atoms with E-state index in [1.54, 1.807) is 11.8 Å². The van der Waals surface area contributed by atoms with E-state index in [9.17, 15) is 18.0 Å². The van der Waals surface area contributed by atoms with Gasteiger partial charge in [0.05, 0.1) is 12.3 Å². The highest BCUT2D eigenvalue weighted by molar-refractivity contribution is 7.99. The van der Waals surface area contributed by atoms with Crippen molar-refractivity contribution in [2.45, 2.75) is 37.9 Å². The van der Waals surface area contributed by atoms with Gasteiger partial charge in [-0.1, -0.05) is 0 Å². The molecule has 0 aromatic heterocycles. The second kappa shape index (κ2) is 6.65. The minimum atomic E-state index is -4.49. The number of carboxylic acid groups (broad SMARTS) is 1. The zero-order valence-corrected chi connectivity index (χ0v) is 10.8. The van der Waals surface area contributed by atoms with Crippen molar-refractivity contribution in [2.24, 2.45) is 17.6 Å². The predicted octanol–water partition coefficient (Wildman–Crippen LogP) is 2.50. The van der Waals surface area contributed by atoms with E-state index in [0.717, 1.165) is 5.75 Å². The number of rotatable bonds is 8. The molecule has 18 heavy (non-hydrogen) atoms. The van der Waals surface area contributed by atoms with Gasteiger partial charge in [-0.3, -0.25) is 4.79 Å². The molecule has 1 saturated carbocycles. The van der Waals surface area contributed by atoms with Crippen LogP contribution in [0.2, 0.25) is 0 Å². The molecule has 0 aromatic carbocycles. The third kappa shape index (κ3) is 6.49. The average molecular weight is 285 g/mol. The smallest absolute Gasteiger partial charge is 0.392 e. The molecule has 0 aliphatic heterocycles. The van der Waals surface area contributed by atoms with Crippen molar-refractivity contribution in [3.05, 3.63) is 0 Å². The van der Waals surface area contributed by atoms with Crippen molar-refractivity contribution < 1.29 is 23.1 Å². The number of halogens is 3. The van der Waals surface area contributed by atoms with Gasteiger partial charge < -0.3 is 10.8 Å². The molecule has 106 valence electrons. The molecular formula is C11H18F3NO2S. The lowest BCUT2D eigenvalue weighted by Gasteiger charge is -2.21. The van der Waals surface area contributed by atoms with Crippen LogP contribution >= 0.6 is 11.8 Å². The Hall–Kier alpha value is -0.430. The number of hydrogen-bond acceptors (Lipinski definition) is 3. The van der Waals surface area contributed by atoms with Crippen LogP contribution in [0.5, 0.6) is 0 Å². The highest BCUT2D eigenvalue weighted by Gasteiger charge is 2.41. The third-order valence-electron chi connectivity index (χ3n) is 2.85. The fourth-order valence-electron chi connectivity index (χ4n) is 1.65. The first-order chi connectivity index (χ1) is 8.29. The number of thioether (sulfide) groups is 1. The first-order valence-corrected chi connectivity index (χ1v) is 7.06. The average Bonchev–Trinajstić information content (AvgIpc) is 2.98. The molecule has 1 aliphatic carbocycles. The Morgan fingerprint density at radius 2 is 2.06 bits per heavy atom. The van der Waals surface area contributed by atoms with Gasteiger partial charge in [0, 0.05) is 11.8 Å². The van der Waals surface area contributed by atoms with Crippen LogP contribution < -0.4 is 5.73 Å². The quantitative estimate of drug-likeness (QED) is 0.719. The number of carbonyl (C=O) groups is 1. The summed E-state index contributed by atoms with van der Waals surface area (Å²) in [5, 5.41) is 8.47. The van der Waals surface area contributed by atoms with Crippen molar-refractivity contribution in [1.29, 1.82) is 0 Å². The minimum absolute atomic E-state index is 0.312. The standard InChI is InChI=1S/C11H18F3NO2S/c12-11(13,14)8(4-10(16)17)3-9(15)6-18-5-7-1-2-7/h7-9H,1-6,15H2,(H,16,17)/t8-,9+/m1/s1. The van der Waals surface area contributed by atoms with Crippen molar-refractivity contribution in [3.63, 3.8) is 0 Å². The van der Waals surface area contributed by atoms with E-state index in [-0.39, 0.29) is 6.42 Å². The monoisotopic (exact) mass is 285 g/mol. The van der Waals surface area contributed by atoms with Gasteiger partial charge in [-0.15, -0.1) is 0 Å². The van der Waals surface area contributed by atoms with Gasteiger partial charge in [0.25, 0.3) is 0 Å². The summed E-state index contributed by atoms with van der Waals surface area (Å²) in [6.07, 6.45) is -3.30. The highest BCUT2D eigenvalue weighted by Crippen LogP contribution is 2.34. The lowest BCUT2D eigenvalue weighted by Crippen LogP contribution is -2.34. The van der Waals surface area contributed by atoms with Crippen LogP contribution in [0.1, 0.15) is 25.7 Å². The number of aliphatic carboxylic acids is 1. The summed E-state index contributed by atoms with van der Waals surface area (Å²) in [5.41, 5.74) is 5.64. The number of carboxylic acids is 1. The summed E-state index contributed by atoms with van der Waals surface area (Å²) in [7, 11) is 0. The Morgan fingerprint density at radius 1 is 1.44 bits per heavy atom. The maximum Gasteiger partial charge on any atom is 0.392 e. The highest BCUT2D eigenvalue weighted by atomic mass is 32.2. The first-order valence-electron chi connectivity index (χ1n) is 5.91. The van der Waals surface area contributed by atoms with E-state index >= 15 is 0 Å². The summed E-state index contributed by atoms with van der Waals surface area (Å²) >= 11 is 1.56. The SMILES string of the molecule is N[C@H](CSCC1CC1)C[C@H](CC(=O)O)C(F)(F)F. The second-order valence-corrected chi connectivity index (χ2v) is 5.89. The molecule has 1 aliphatic rings. The minimum Gasteiger partial charge on any atom is -0.481 e. The summed E-state index contributed by atoms with van der Waals surface area (Å²) in [6, 6.07) is -0.597. The van der Waals surface area contributed by atoms with Crippen LogP contribution in [0.25, 0.3) is 0 Å². The van der Waals surface area contributed by atoms with Gasteiger partial charge in [0.15, 0.2) is 0 Å². The maximum atomic E-state index is 12.6. The van der Waals surface area contributed by atoms with Crippen LogP contribution in [-0.2, 0) is 4.79 Å². The summed E-state index contributed by atoms with van der Waals surface area (Å²) < 4.78 is 37.7. The number of hydrogen-bond donors (Lipinski definition) is 2. The normalized spacial score (nSPS) is 19.6. The predicted molar refractivity (Wildman–Crippen MR) is 64.4 cm³/mol. The Morgan fingerprint density at radius 3 is 2.50 bits per heavy atom. The molecule has 0 aromatic rings. The van der Waals surface area contributed by atoms with Crippen LogP contribution in [0, 0.1) is 11.8 Å². The molecule has 1 fully saturated rings. The molecule has 1 rings (SSSR count). The first kappa shape index (κ1) is 15.6. The van der Waals surface area contributed by atoms with Crippen LogP contribution in [0.4, 0.5) is 13.2 Å². The van der Waals surface area contributed by atoms with E-state index in [2.05, 4.69) is 0 Å². The molecule has 0 radical (unpaired) electrons. The molecule has 7 heteroatoms. The lowest BCUT2D eigenvalue weighted by atomic mass is 9.97. The second-order valence-electron chi connectivity index (χ2n) is 4.81. The van der Waals surface area contributed by atoms with Gasteiger partial charge in [0.1, 0.15) is 0 Å².